The molecule has 0 atom stereocenters. The molecule has 1 fully saturated rings. The van der Waals surface area contributed by atoms with Crippen LogP contribution in [0.2, 0.25) is 0 Å². The number of carboxylic acids is 1. The van der Waals surface area contributed by atoms with Crippen molar-refractivity contribution in [2.45, 2.75) is 6.61 Å². The van der Waals surface area contributed by atoms with E-state index in [1.165, 1.54) is 18.2 Å². The Hall–Kier alpha value is -3.61. The molecule has 3 rings (SSSR count). The van der Waals surface area contributed by atoms with E-state index in [1.54, 1.807) is 36.4 Å². The number of ether oxygens (including phenoxy) is 1. The second-order valence-electron chi connectivity index (χ2n) is 5.28. The minimum Gasteiger partial charge on any atom is -0.545 e. The number of urea groups is 1. The number of para-hydroxylation sites is 1. The van der Waals surface area contributed by atoms with Crippen molar-refractivity contribution in [3.8, 4) is 5.75 Å². The van der Waals surface area contributed by atoms with E-state index in [2.05, 4.69) is 10.6 Å². The van der Waals surface area contributed by atoms with Gasteiger partial charge in [-0.1, -0.05) is 42.5 Å². The zero-order valence-electron chi connectivity index (χ0n) is 12.9. The number of hydrogen-bond acceptors (Lipinski definition) is 5. The Morgan fingerprint density at radius 2 is 1.76 bits per heavy atom. The maximum atomic E-state index is 11.6. The van der Waals surface area contributed by atoms with E-state index >= 15 is 0 Å². The summed E-state index contributed by atoms with van der Waals surface area (Å²) in [4.78, 5) is 33.5. The molecular formula is C18H13N2O5-. The van der Waals surface area contributed by atoms with Crippen LogP contribution in [-0.4, -0.2) is 17.9 Å². The molecule has 25 heavy (non-hydrogen) atoms. The molecule has 0 aromatic heterocycles. The molecule has 0 aliphatic carbocycles. The normalized spacial score (nSPS) is 15.0. The average Bonchev–Trinajstić information content (AvgIpc) is 2.91. The predicted molar refractivity (Wildman–Crippen MR) is 86.2 cm³/mol. The summed E-state index contributed by atoms with van der Waals surface area (Å²) in [5.41, 5.74) is 1.64. The molecule has 0 unspecified atom stereocenters. The van der Waals surface area contributed by atoms with E-state index in [4.69, 9.17) is 4.74 Å². The SMILES string of the molecule is O=C1NC(=O)/C(=C\c2ccccc2OCc2ccc(C(=O)[O-])cc2)N1. The summed E-state index contributed by atoms with van der Waals surface area (Å²) in [5, 5.41) is 15.3. The molecule has 1 aliphatic rings. The molecule has 2 N–H and O–H groups in total. The molecule has 2 aromatic carbocycles. The third-order valence-electron chi connectivity index (χ3n) is 3.52. The number of carboxylic acid groups (broad SMARTS) is 1. The van der Waals surface area contributed by atoms with Crippen LogP contribution in [0.15, 0.2) is 54.2 Å². The molecule has 2 aromatic rings. The van der Waals surface area contributed by atoms with Crippen LogP contribution in [0.5, 0.6) is 5.75 Å². The number of hydrogen-bond donors (Lipinski definition) is 2. The van der Waals surface area contributed by atoms with Gasteiger partial charge in [0.1, 0.15) is 18.1 Å². The zero-order chi connectivity index (χ0) is 17.8. The van der Waals surface area contributed by atoms with Crippen molar-refractivity contribution in [1.29, 1.82) is 0 Å². The summed E-state index contributed by atoms with van der Waals surface area (Å²) in [5.74, 6) is -1.22. The van der Waals surface area contributed by atoms with Gasteiger partial charge in [0.05, 0.1) is 5.97 Å². The number of benzene rings is 2. The molecular weight excluding hydrogens is 324 g/mol. The molecule has 7 heteroatoms. The van der Waals surface area contributed by atoms with E-state index in [0.29, 0.717) is 11.3 Å². The van der Waals surface area contributed by atoms with Gasteiger partial charge < -0.3 is 20.0 Å². The predicted octanol–water partition coefficient (Wildman–Crippen LogP) is 0.809. The van der Waals surface area contributed by atoms with Crippen molar-refractivity contribution >= 4 is 24.0 Å². The standard InChI is InChI=1S/C18H14N2O5/c21-16-14(19-18(24)20-16)9-13-3-1-2-4-15(13)25-10-11-5-7-12(8-6-11)17(22)23/h1-9H,10H2,(H,22,23)(H2,19,20,21,24)/p-1/b14-9+. The molecule has 0 radical (unpaired) electrons. The van der Waals surface area contributed by atoms with Gasteiger partial charge in [0, 0.05) is 5.56 Å². The first kappa shape index (κ1) is 16.3. The van der Waals surface area contributed by atoms with Gasteiger partial charge in [0.25, 0.3) is 5.91 Å². The first-order chi connectivity index (χ1) is 12.0. The van der Waals surface area contributed by atoms with Crippen molar-refractivity contribution in [2.75, 3.05) is 0 Å². The van der Waals surface area contributed by atoms with Crippen LogP contribution in [0.3, 0.4) is 0 Å². The summed E-state index contributed by atoms with van der Waals surface area (Å²) >= 11 is 0. The second kappa shape index (κ2) is 6.88. The highest BCUT2D eigenvalue weighted by Gasteiger charge is 2.23. The zero-order valence-corrected chi connectivity index (χ0v) is 12.9. The van der Waals surface area contributed by atoms with E-state index < -0.39 is 17.9 Å². The molecule has 1 saturated heterocycles. The summed E-state index contributed by atoms with van der Waals surface area (Å²) in [6.07, 6.45) is 1.52. The maximum Gasteiger partial charge on any atom is 0.326 e. The fourth-order valence-electron chi connectivity index (χ4n) is 2.27. The third kappa shape index (κ3) is 3.84. The van der Waals surface area contributed by atoms with Crippen LogP contribution in [0.4, 0.5) is 4.79 Å². The Kier molecular flexibility index (Phi) is 4.47. The van der Waals surface area contributed by atoms with Crippen LogP contribution in [0, 0.1) is 0 Å². The van der Waals surface area contributed by atoms with Crippen LogP contribution in [0.25, 0.3) is 6.08 Å². The smallest absolute Gasteiger partial charge is 0.326 e. The number of rotatable bonds is 5. The van der Waals surface area contributed by atoms with E-state index in [0.717, 1.165) is 5.56 Å². The first-order valence-electron chi connectivity index (χ1n) is 7.39. The molecule has 1 aliphatic heterocycles. The van der Waals surface area contributed by atoms with Crippen molar-refractivity contribution < 1.29 is 24.2 Å². The first-order valence-corrected chi connectivity index (χ1v) is 7.39. The van der Waals surface area contributed by atoms with Gasteiger partial charge in [-0.15, -0.1) is 0 Å². The van der Waals surface area contributed by atoms with E-state index in [1.807, 2.05) is 0 Å². The van der Waals surface area contributed by atoms with Gasteiger partial charge >= 0.3 is 6.03 Å². The maximum absolute atomic E-state index is 11.6. The molecule has 0 spiro atoms. The highest BCUT2D eigenvalue weighted by atomic mass is 16.5. The van der Waals surface area contributed by atoms with Crippen molar-refractivity contribution in [3.63, 3.8) is 0 Å². The number of aromatic carboxylic acids is 1. The van der Waals surface area contributed by atoms with Crippen molar-refractivity contribution in [3.05, 3.63) is 70.9 Å². The fraction of sp³-hybridized carbons (Fsp3) is 0.0556. The minimum atomic E-state index is -1.23. The Balaban J connectivity index is 1.75. The number of amides is 3. The van der Waals surface area contributed by atoms with Gasteiger partial charge in [-0.05, 0) is 23.3 Å². The lowest BCUT2D eigenvalue weighted by Gasteiger charge is -2.10. The highest BCUT2D eigenvalue weighted by Crippen LogP contribution is 2.22. The van der Waals surface area contributed by atoms with Gasteiger partial charge in [-0.25, -0.2) is 4.79 Å². The lowest BCUT2D eigenvalue weighted by molar-refractivity contribution is -0.255. The summed E-state index contributed by atoms with van der Waals surface area (Å²) in [7, 11) is 0. The van der Waals surface area contributed by atoms with E-state index in [9.17, 15) is 19.5 Å². The quantitative estimate of drug-likeness (QED) is 0.620. The summed E-state index contributed by atoms with van der Waals surface area (Å²) in [6.45, 7) is 0.214. The molecule has 0 bridgehead atoms. The number of nitrogens with one attached hydrogen (secondary N) is 2. The van der Waals surface area contributed by atoms with Gasteiger partial charge in [-0.3, -0.25) is 10.1 Å². The molecule has 3 amide bonds. The van der Waals surface area contributed by atoms with Gasteiger partial charge in [0.15, 0.2) is 0 Å². The molecule has 1 heterocycles. The largest absolute Gasteiger partial charge is 0.545 e. The molecule has 0 saturated carbocycles. The van der Waals surface area contributed by atoms with Crippen LogP contribution < -0.4 is 20.5 Å². The monoisotopic (exact) mass is 337 g/mol. The second-order valence-corrected chi connectivity index (χ2v) is 5.28. The summed E-state index contributed by atoms with van der Waals surface area (Å²) < 4.78 is 5.74. The highest BCUT2D eigenvalue weighted by molar-refractivity contribution is 6.14. The Morgan fingerprint density at radius 3 is 2.40 bits per heavy atom. The van der Waals surface area contributed by atoms with Crippen LogP contribution in [0.1, 0.15) is 21.5 Å². The minimum absolute atomic E-state index is 0.0943. The van der Waals surface area contributed by atoms with Crippen LogP contribution >= 0.6 is 0 Å². The van der Waals surface area contributed by atoms with Crippen molar-refractivity contribution in [2.24, 2.45) is 0 Å². The Bertz CT molecular complexity index is 871. The van der Waals surface area contributed by atoms with Crippen LogP contribution in [-0.2, 0) is 11.4 Å². The summed E-state index contributed by atoms with van der Waals surface area (Å²) in [6, 6.07) is 12.6. The Labute approximate surface area is 142 Å². The Morgan fingerprint density at radius 1 is 1.04 bits per heavy atom. The van der Waals surface area contributed by atoms with Gasteiger partial charge in [0.2, 0.25) is 0 Å². The lowest BCUT2D eigenvalue weighted by Crippen LogP contribution is -2.22. The molecule has 7 nitrogen and oxygen atoms in total. The van der Waals surface area contributed by atoms with Crippen molar-refractivity contribution in [1.82, 2.24) is 10.6 Å². The average molecular weight is 337 g/mol. The van der Waals surface area contributed by atoms with Gasteiger partial charge in [-0.2, -0.15) is 0 Å². The topological polar surface area (TPSA) is 108 Å². The number of carbonyl (C=O) groups excluding carboxylic acids is 3. The number of imide groups is 1. The molecule has 126 valence electrons. The fourth-order valence-corrected chi connectivity index (χ4v) is 2.27. The van der Waals surface area contributed by atoms with E-state index in [-0.39, 0.29) is 17.9 Å². The lowest BCUT2D eigenvalue weighted by atomic mass is 10.1. The third-order valence-corrected chi connectivity index (χ3v) is 3.52. The number of carbonyl (C=O) groups is 3.